The Hall–Kier alpha value is -2.76. The van der Waals surface area contributed by atoms with Crippen LogP contribution in [0.5, 0.6) is 17.4 Å². The third-order valence-electron chi connectivity index (χ3n) is 4.48. The second kappa shape index (κ2) is 14.6. The summed E-state index contributed by atoms with van der Waals surface area (Å²) in [6.45, 7) is 3.96. The number of benzene rings is 1. The van der Waals surface area contributed by atoms with E-state index in [2.05, 4.69) is 10.3 Å². The van der Waals surface area contributed by atoms with Crippen molar-refractivity contribution in [3.05, 3.63) is 46.6 Å². The van der Waals surface area contributed by atoms with Gasteiger partial charge in [-0.1, -0.05) is 17.7 Å². The molecule has 0 aliphatic rings. The first-order valence-electron chi connectivity index (χ1n) is 10.9. The molecule has 1 amide bonds. The summed E-state index contributed by atoms with van der Waals surface area (Å²) in [5.41, 5.74) is -0.286. The van der Waals surface area contributed by atoms with Crippen LogP contribution >= 0.6 is 11.6 Å². The molecule has 1 heterocycles. The Morgan fingerprint density at radius 1 is 1.14 bits per heavy atom. The van der Waals surface area contributed by atoms with Crippen molar-refractivity contribution in [3.63, 3.8) is 0 Å². The van der Waals surface area contributed by atoms with Gasteiger partial charge in [0.1, 0.15) is 23.1 Å². The Morgan fingerprint density at radius 3 is 2.63 bits per heavy atom. The van der Waals surface area contributed by atoms with Gasteiger partial charge in [-0.2, -0.15) is 13.2 Å². The van der Waals surface area contributed by atoms with Gasteiger partial charge in [-0.3, -0.25) is 0 Å². The summed E-state index contributed by atoms with van der Waals surface area (Å²) >= 11 is 5.99. The average molecular weight is 521 g/mol. The third kappa shape index (κ3) is 10.2. The Bertz CT molecular complexity index is 946. The van der Waals surface area contributed by atoms with E-state index in [0.717, 1.165) is 6.07 Å². The van der Waals surface area contributed by atoms with Crippen LogP contribution < -0.4 is 14.8 Å². The number of rotatable bonds is 14. The van der Waals surface area contributed by atoms with Gasteiger partial charge in [0.2, 0.25) is 5.88 Å². The number of aromatic nitrogens is 1. The molecule has 1 N–H and O–H groups in total. The standard InChI is InChI=1S/C23H28ClF3N2O6/c1-3-32-10-8-28-22(30)34-9-4-5-16-6-7-18(33-12-11-31-2)14-20(16)35-21-19(24)13-17(15-29-21)23(25,26)27/h6-7,13-15H,3-5,8-12H2,1-2H3,(H,28,30). The van der Waals surface area contributed by atoms with Crippen LogP contribution in [0.3, 0.4) is 0 Å². The van der Waals surface area contributed by atoms with Crippen LogP contribution in [0, 0.1) is 0 Å². The van der Waals surface area contributed by atoms with Gasteiger partial charge in [0.05, 0.1) is 25.4 Å². The van der Waals surface area contributed by atoms with E-state index >= 15 is 0 Å². The molecule has 0 bridgehead atoms. The average Bonchev–Trinajstić information content (AvgIpc) is 2.81. The Balaban J connectivity index is 2.05. The summed E-state index contributed by atoms with van der Waals surface area (Å²) in [7, 11) is 1.54. The molecule has 0 fully saturated rings. The second-order valence-corrected chi connectivity index (χ2v) is 7.49. The summed E-state index contributed by atoms with van der Waals surface area (Å²) in [5, 5.41) is 2.28. The number of aryl methyl sites for hydroxylation is 1. The van der Waals surface area contributed by atoms with Gasteiger partial charge in [0.25, 0.3) is 0 Å². The summed E-state index contributed by atoms with van der Waals surface area (Å²) in [5.74, 6) is 0.587. The normalized spacial score (nSPS) is 11.3. The Labute approximate surface area is 206 Å². The third-order valence-corrected chi connectivity index (χ3v) is 4.75. The highest BCUT2D eigenvalue weighted by Gasteiger charge is 2.32. The minimum atomic E-state index is -4.58. The van der Waals surface area contributed by atoms with Gasteiger partial charge in [0, 0.05) is 32.5 Å². The predicted molar refractivity (Wildman–Crippen MR) is 122 cm³/mol. The summed E-state index contributed by atoms with van der Waals surface area (Å²) < 4.78 is 65.3. The Kier molecular flexibility index (Phi) is 11.9. The van der Waals surface area contributed by atoms with Crippen molar-refractivity contribution in [1.29, 1.82) is 0 Å². The van der Waals surface area contributed by atoms with Gasteiger partial charge in [0.15, 0.2) is 0 Å². The summed E-state index contributed by atoms with van der Waals surface area (Å²) in [4.78, 5) is 15.4. The SMILES string of the molecule is CCOCCNC(=O)OCCCc1ccc(OCCOC)cc1Oc1ncc(C(F)(F)F)cc1Cl. The van der Waals surface area contributed by atoms with Gasteiger partial charge in [-0.15, -0.1) is 0 Å². The first-order chi connectivity index (χ1) is 16.7. The number of halogens is 4. The van der Waals surface area contributed by atoms with Crippen LogP contribution in [0.25, 0.3) is 0 Å². The first-order valence-corrected chi connectivity index (χ1v) is 11.3. The number of alkyl carbamates (subject to hydrolysis) is 1. The zero-order valence-electron chi connectivity index (χ0n) is 19.5. The maximum Gasteiger partial charge on any atom is 0.417 e. The first kappa shape index (κ1) is 28.5. The van der Waals surface area contributed by atoms with E-state index < -0.39 is 17.8 Å². The van der Waals surface area contributed by atoms with Crippen molar-refractivity contribution < 1.29 is 41.7 Å². The molecular weight excluding hydrogens is 493 g/mol. The number of nitrogens with zero attached hydrogens (tertiary/aromatic N) is 1. The molecule has 0 saturated heterocycles. The molecule has 0 radical (unpaired) electrons. The van der Waals surface area contributed by atoms with Crippen molar-refractivity contribution in [2.24, 2.45) is 0 Å². The minimum absolute atomic E-state index is 0.144. The predicted octanol–water partition coefficient (Wildman–Crippen LogP) is 5.27. The highest BCUT2D eigenvalue weighted by molar-refractivity contribution is 6.31. The lowest BCUT2D eigenvalue weighted by molar-refractivity contribution is -0.137. The monoisotopic (exact) mass is 520 g/mol. The zero-order chi connectivity index (χ0) is 25.7. The van der Waals surface area contributed by atoms with Crippen LogP contribution in [0.1, 0.15) is 24.5 Å². The largest absolute Gasteiger partial charge is 0.491 e. The van der Waals surface area contributed by atoms with E-state index in [1.165, 1.54) is 0 Å². The van der Waals surface area contributed by atoms with Crippen molar-refractivity contribution in [1.82, 2.24) is 10.3 Å². The number of carbonyl (C=O) groups excluding carboxylic acids is 1. The molecule has 12 heteroatoms. The lowest BCUT2D eigenvalue weighted by Gasteiger charge is -2.15. The zero-order valence-corrected chi connectivity index (χ0v) is 20.2. The van der Waals surface area contributed by atoms with Crippen LogP contribution in [0.15, 0.2) is 30.5 Å². The van der Waals surface area contributed by atoms with Gasteiger partial charge < -0.3 is 29.0 Å². The van der Waals surface area contributed by atoms with E-state index in [9.17, 15) is 18.0 Å². The molecule has 0 aliphatic carbocycles. The number of methoxy groups -OCH3 is 1. The van der Waals surface area contributed by atoms with Crippen LogP contribution in [0.4, 0.5) is 18.0 Å². The van der Waals surface area contributed by atoms with Crippen molar-refractivity contribution in [3.8, 4) is 17.4 Å². The number of hydrogen-bond donors (Lipinski definition) is 1. The molecule has 1 aromatic carbocycles. The number of nitrogens with one attached hydrogen (secondary N) is 1. The van der Waals surface area contributed by atoms with E-state index in [1.807, 2.05) is 6.92 Å². The van der Waals surface area contributed by atoms with Gasteiger partial charge in [-0.25, -0.2) is 9.78 Å². The van der Waals surface area contributed by atoms with Crippen molar-refractivity contribution in [2.45, 2.75) is 25.9 Å². The highest BCUT2D eigenvalue weighted by atomic mass is 35.5. The Morgan fingerprint density at radius 2 is 1.94 bits per heavy atom. The fourth-order valence-corrected chi connectivity index (χ4v) is 2.98. The van der Waals surface area contributed by atoms with E-state index in [4.69, 9.17) is 35.3 Å². The topological polar surface area (TPSA) is 88.1 Å². The molecule has 0 aliphatic heterocycles. The molecule has 1 aromatic heterocycles. The molecular formula is C23H28ClF3N2O6. The summed E-state index contributed by atoms with van der Waals surface area (Å²) in [6, 6.07) is 5.81. The quantitative estimate of drug-likeness (QED) is 0.340. The number of carbonyl (C=O) groups is 1. The molecule has 2 aromatic rings. The molecule has 194 valence electrons. The second-order valence-electron chi connectivity index (χ2n) is 7.08. The van der Waals surface area contributed by atoms with E-state index in [1.54, 1.807) is 25.3 Å². The van der Waals surface area contributed by atoms with Crippen molar-refractivity contribution in [2.75, 3.05) is 46.7 Å². The van der Waals surface area contributed by atoms with Crippen LogP contribution in [0.2, 0.25) is 5.02 Å². The lowest BCUT2D eigenvalue weighted by atomic mass is 10.1. The molecule has 0 spiro atoms. The molecule has 0 unspecified atom stereocenters. The van der Waals surface area contributed by atoms with Crippen molar-refractivity contribution >= 4 is 17.7 Å². The molecule has 35 heavy (non-hydrogen) atoms. The highest BCUT2D eigenvalue weighted by Crippen LogP contribution is 2.36. The fourth-order valence-electron chi connectivity index (χ4n) is 2.78. The van der Waals surface area contributed by atoms with Crippen LogP contribution in [-0.4, -0.2) is 57.8 Å². The van der Waals surface area contributed by atoms with Gasteiger partial charge >= 0.3 is 12.3 Å². The number of amides is 1. The molecule has 0 saturated carbocycles. The van der Waals surface area contributed by atoms with Crippen LogP contribution in [-0.2, 0) is 26.8 Å². The van der Waals surface area contributed by atoms with E-state index in [-0.39, 0.29) is 17.5 Å². The van der Waals surface area contributed by atoms with E-state index in [0.29, 0.717) is 69.1 Å². The fraction of sp³-hybridized carbons (Fsp3) is 0.478. The number of ether oxygens (including phenoxy) is 5. The smallest absolute Gasteiger partial charge is 0.417 e. The van der Waals surface area contributed by atoms with Gasteiger partial charge in [-0.05, 0) is 37.5 Å². The maximum absolute atomic E-state index is 12.9. The summed E-state index contributed by atoms with van der Waals surface area (Å²) in [6.07, 6.45) is -3.57. The lowest BCUT2D eigenvalue weighted by Crippen LogP contribution is -2.28. The number of pyridine rings is 1. The minimum Gasteiger partial charge on any atom is -0.491 e. The molecule has 0 atom stereocenters. The number of alkyl halides is 3. The molecule has 2 rings (SSSR count). The molecule has 8 nitrogen and oxygen atoms in total. The number of hydrogen-bond acceptors (Lipinski definition) is 7. The maximum atomic E-state index is 12.9.